The number of urea groups is 1. The van der Waals surface area contributed by atoms with Crippen molar-refractivity contribution in [2.75, 3.05) is 6.61 Å². The van der Waals surface area contributed by atoms with E-state index in [0.29, 0.717) is 6.42 Å². The summed E-state index contributed by atoms with van der Waals surface area (Å²) in [6.07, 6.45) is 2.25. The van der Waals surface area contributed by atoms with Crippen LogP contribution in [0.2, 0.25) is 0 Å². The molecule has 2 atom stereocenters. The van der Waals surface area contributed by atoms with Crippen LogP contribution in [0.15, 0.2) is 43.0 Å². The number of hydrogen-bond acceptors (Lipinski definition) is 2. The number of aliphatic hydroxyl groups excluding tert-OH is 1. The molecule has 0 spiro atoms. The highest BCUT2D eigenvalue weighted by molar-refractivity contribution is 5.74. The molecule has 4 nitrogen and oxygen atoms in total. The smallest absolute Gasteiger partial charge is 0.315 e. The fraction of sp³-hybridized carbons (Fsp3) is 0.357. The third-order valence-corrected chi connectivity index (χ3v) is 2.59. The maximum absolute atomic E-state index is 11.6. The minimum absolute atomic E-state index is 0.0925. The van der Waals surface area contributed by atoms with E-state index in [4.69, 9.17) is 0 Å². The van der Waals surface area contributed by atoms with Crippen LogP contribution in [0.4, 0.5) is 4.79 Å². The van der Waals surface area contributed by atoms with Crippen LogP contribution < -0.4 is 10.6 Å². The Morgan fingerprint density at radius 3 is 2.61 bits per heavy atom. The molecule has 1 rings (SSSR count). The first-order valence-corrected chi connectivity index (χ1v) is 6.00. The minimum atomic E-state index is -0.294. The molecule has 98 valence electrons. The Bertz CT molecular complexity index is 379. The van der Waals surface area contributed by atoms with Gasteiger partial charge in [0.05, 0.1) is 12.6 Å². The lowest BCUT2D eigenvalue weighted by Gasteiger charge is -2.18. The molecule has 3 N–H and O–H groups in total. The number of benzene rings is 1. The first kappa shape index (κ1) is 14.3. The fourth-order valence-electron chi connectivity index (χ4n) is 1.55. The zero-order chi connectivity index (χ0) is 13.4. The van der Waals surface area contributed by atoms with Gasteiger partial charge in [-0.3, -0.25) is 0 Å². The second kappa shape index (κ2) is 7.50. The third kappa shape index (κ3) is 5.01. The second-order valence-corrected chi connectivity index (χ2v) is 4.21. The van der Waals surface area contributed by atoms with Crippen molar-refractivity contribution in [2.24, 2.45) is 0 Å². The van der Waals surface area contributed by atoms with E-state index in [1.165, 1.54) is 0 Å². The lowest BCUT2D eigenvalue weighted by molar-refractivity contribution is 0.215. The first-order chi connectivity index (χ1) is 8.65. The molecule has 18 heavy (non-hydrogen) atoms. The van der Waals surface area contributed by atoms with Crippen molar-refractivity contribution in [1.82, 2.24) is 10.6 Å². The normalized spacial score (nSPS) is 13.4. The largest absolute Gasteiger partial charge is 0.394 e. The van der Waals surface area contributed by atoms with E-state index in [9.17, 15) is 9.90 Å². The van der Waals surface area contributed by atoms with E-state index in [1.807, 2.05) is 37.3 Å². The molecule has 1 aromatic rings. The van der Waals surface area contributed by atoms with Gasteiger partial charge in [0.15, 0.2) is 0 Å². The summed E-state index contributed by atoms with van der Waals surface area (Å²) in [7, 11) is 0. The topological polar surface area (TPSA) is 61.4 Å². The Morgan fingerprint density at radius 1 is 1.39 bits per heavy atom. The van der Waals surface area contributed by atoms with E-state index in [0.717, 1.165) is 5.56 Å². The molecule has 1 aromatic carbocycles. The Balaban J connectivity index is 2.47. The molecule has 4 heteroatoms. The Kier molecular flexibility index (Phi) is 5.94. The molecular weight excluding hydrogens is 228 g/mol. The molecule has 0 aromatic heterocycles. The minimum Gasteiger partial charge on any atom is -0.394 e. The molecule has 0 heterocycles. The highest BCUT2D eigenvalue weighted by Crippen LogP contribution is 2.02. The van der Waals surface area contributed by atoms with Crippen molar-refractivity contribution in [3.8, 4) is 0 Å². The summed E-state index contributed by atoms with van der Waals surface area (Å²) in [5, 5.41) is 14.7. The molecule has 0 saturated heterocycles. The summed E-state index contributed by atoms with van der Waals surface area (Å²) in [6.45, 7) is 5.33. The van der Waals surface area contributed by atoms with Crippen LogP contribution in [0, 0.1) is 0 Å². The van der Waals surface area contributed by atoms with Crippen molar-refractivity contribution in [3.63, 3.8) is 0 Å². The van der Waals surface area contributed by atoms with Gasteiger partial charge in [-0.15, -0.1) is 6.58 Å². The number of rotatable bonds is 6. The SMILES string of the molecule is C=C[C@H](C)NC(=O)N[C@H](CO)Cc1ccccc1. The van der Waals surface area contributed by atoms with Crippen LogP contribution in [0.5, 0.6) is 0 Å². The molecule has 0 radical (unpaired) electrons. The van der Waals surface area contributed by atoms with E-state index in [-0.39, 0.29) is 24.7 Å². The predicted molar refractivity (Wildman–Crippen MR) is 72.3 cm³/mol. The predicted octanol–water partition coefficient (Wildman–Crippen LogP) is 1.46. The van der Waals surface area contributed by atoms with Crippen molar-refractivity contribution < 1.29 is 9.90 Å². The lowest BCUT2D eigenvalue weighted by Crippen LogP contribution is -2.47. The van der Waals surface area contributed by atoms with Crippen molar-refractivity contribution >= 4 is 6.03 Å². The van der Waals surface area contributed by atoms with Crippen LogP contribution >= 0.6 is 0 Å². The van der Waals surface area contributed by atoms with Gasteiger partial charge in [-0.1, -0.05) is 36.4 Å². The molecule has 0 bridgehead atoms. The van der Waals surface area contributed by atoms with Crippen molar-refractivity contribution in [3.05, 3.63) is 48.6 Å². The second-order valence-electron chi connectivity index (χ2n) is 4.21. The summed E-state index contributed by atoms with van der Waals surface area (Å²) < 4.78 is 0. The number of nitrogens with one attached hydrogen (secondary N) is 2. The fourth-order valence-corrected chi connectivity index (χ4v) is 1.55. The quantitative estimate of drug-likeness (QED) is 0.667. The third-order valence-electron chi connectivity index (χ3n) is 2.59. The first-order valence-electron chi connectivity index (χ1n) is 6.00. The molecule has 0 aliphatic carbocycles. The number of amides is 2. The van der Waals surface area contributed by atoms with Gasteiger partial charge in [-0.05, 0) is 18.9 Å². The zero-order valence-electron chi connectivity index (χ0n) is 10.6. The molecular formula is C14H20N2O2. The highest BCUT2D eigenvalue weighted by atomic mass is 16.3. The zero-order valence-corrected chi connectivity index (χ0v) is 10.6. The molecule has 2 amide bonds. The lowest BCUT2D eigenvalue weighted by atomic mass is 10.1. The molecule has 0 aliphatic rings. The monoisotopic (exact) mass is 248 g/mol. The van der Waals surface area contributed by atoms with Gasteiger partial charge < -0.3 is 15.7 Å². The van der Waals surface area contributed by atoms with Gasteiger partial charge in [0.25, 0.3) is 0 Å². The van der Waals surface area contributed by atoms with Gasteiger partial charge in [0.1, 0.15) is 0 Å². The van der Waals surface area contributed by atoms with Crippen LogP contribution in [0.3, 0.4) is 0 Å². The van der Waals surface area contributed by atoms with Gasteiger partial charge in [0, 0.05) is 6.04 Å². The number of carbonyl (C=O) groups excluding carboxylic acids is 1. The van der Waals surface area contributed by atoms with Crippen LogP contribution in [0.25, 0.3) is 0 Å². The van der Waals surface area contributed by atoms with Crippen LogP contribution in [-0.2, 0) is 6.42 Å². The average Bonchev–Trinajstić information content (AvgIpc) is 2.38. The number of hydrogen-bond donors (Lipinski definition) is 3. The Morgan fingerprint density at radius 2 is 2.06 bits per heavy atom. The van der Waals surface area contributed by atoms with E-state index >= 15 is 0 Å². The van der Waals surface area contributed by atoms with Gasteiger partial charge in [-0.2, -0.15) is 0 Å². The van der Waals surface area contributed by atoms with Gasteiger partial charge >= 0.3 is 6.03 Å². The van der Waals surface area contributed by atoms with Crippen LogP contribution in [0.1, 0.15) is 12.5 Å². The van der Waals surface area contributed by atoms with E-state index < -0.39 is 0 Å². The molecule has 0 saturated carbocycles. The van der Waals surface area contributed by atoms with E-state index in [1.54, 1.807) is 6.08 Å². The van der Waals surface area contributed by atoms with E-state index in [2.05, 4.69) is 17.2 Å². The molecule has 0 aliphatic heterocycles. The Hall–Kier alpha value is -1.81. The van der Waals surface area contributed by atoms with Crippen molar-refractivity contribution in [1.29, 1.82) is 0 Å². The highest BCUT2D eigenvalue weighted by Gasteiger charge is 2.12. The van der Waals surface area contributed by atoms with Crippen LogP contribution in [-0.4, -0.2) is 29.8 Å². The number of carbonyl (C=O) groups is 1. The molecule has 0 unspecified atom stereocenters. The average molecular weight is 248 g/mol. The maximum atomic E-state index is 11.6. The standard InChI is InChI=1S/C14H20N2O2/c1-3-11(2)15-14(18)16-13(10-17)9-12-7-5-4-6-8-12/h3-8,11,13,17H,1,9-10H2,2H3,(H2,15,16,18)/t11-,13-/m0/s1. The summed E-state index contributed by atoms with van der Waals surface area (Å²) >= 11 is 0. The Labute approximate surface area is 108 Å². The summed E-state index contributed by atoms with van der Waals surface area (Å²) in [5.74, 6) is 0. The summed E-state index contributed by atoms with van der Waals surface area (Å²) in [4.78, 5) is 11.6. The van der Waals surface area contributed by atoms with Gasteiger partial charge in [0.2, 0.25) is 0 Å². The number of aliphatic hydroxyl groups is 1. The van der Waals surface area contributed by atoms with Crippen molar-refractivity contribution in [2.45, 2.75) is 25.4 Å². The summed E-state index contributed by atoms with van der Waals surface area (Å²) in [6, 6.07) is 9.06. The summed E-state index contributed by atoms with van der Waals surface area (Å²) in [5.41, 5.74) is 1.08. The maximum Gasteiger partial charge on any atom is 0.315 e. The molecule has 0 fully saturated rings. The van der Waals surface area contributed by atoms with Gasteiger partial charge in [-0.25, -0.2) is 4.79 Å².